The lowest BCUT2D eigenvalue weighted by Crippen LogP contribution is -2.12. The second kappa shape index (κ2) is 7.77. The number of anilines is 1. The van der Waals surface area contributed by atoms with E-state index in [1.54, 1.807) is 10.9 Å². The lowest BCUT2D eigenvalue weighted by atomic mass is 10.1. The number of carbonyl (C=O) groups excluding carboxylic acids is 1. The van der Waals surface area contributed by atoms with Gasteiger partial charge in [0.15, 0.2) is 0 Å². The maximum absolute atomic E-state index is 13.0. The summed E-state index contributed by atoms with van der Waals surface area (Å²) in [7, 11) is 0. The van der Waals surface area contributed by atoms with Crippen LogP contribution in [0, 0.1) is 10.1 Å². The van der Waals surface area contributed by atoms with E-state index >= 15 is 0 Å². The molecule has 1 N–H and O–H groups in total. The molecule has 29 heavy (non-hydrogen) atoms. The van der Waals surface area contributed by atoms with Gasteiger partial charge in [0.2, 0.25) is 0 Å². The average Bonchev–Trinajstić information content (AvgIpc) is 3.21. The molecule has 0 radical (unpaired) electrons. The quantitative estimate of drug-likeness (QED) is 0.399. The summed E-state index contributed by atoms with van der Waals surface area (Å²) < 4.78 is 1.66. The Morgan fingerprint density at radius 3 is 2.14 bits per heavy atom. The number of aromatic nitrogens is 2. The molecule has 0 spiro atoms. The maximum atomic E-state index is 13.0. The topological polar surface area (TPSA) is 90.1 Å². The van der Waals surface area contributed by atoms with Gasteiger partial charge < -0.3 is 5.32 Å². The van der Waals surface area contributed by atoms with E-state index in [1.165, 1.54) is 24.3 Å². The van der Waals surface area contributed by atoms with Gasteiger partial charge in [-0.2, -0.15) is 5.10 Å². The second-order valence-electron chi connectivity index (χ2n) is 6.30. The summed E-state index contributed by atoms with van der Waals surface area (Å²) >= 11 is 0. The Balaban J connectivity index is 1.70. The number of hydrogen-bond acceptors (Lipinski definition) is 4. The highest BCUT2D eigenvalue weighted by Crippen LogP contribution is 2.25. The van der Waals surface area contributed by atoms with Crippen molar-refractivity contribution in [2.45, 2.75) is 0 Å². The number of rotatable bonds is 5. The largest absolute Gasteiger partial charge is 0.322 e. The number of nitro groups is 1. The Kier molecular flexibility index (Phi) is 4.86. The van der Waals surface area contributed by atoms with Crippen molar-refractivity contribution in [2.24, 2.45) is 0 Å². The van der Waals surface area contributed by atoms with Crippen LogP contribution in [-0.2, 0) is 0 Å². The Morgan fingerprint density at radius 1 is 0.897 bits per heavy atom. The lowest BCUT2D eigenvalue weighted by Gasteiger charge is -2.05. The number of nitrogens with zero attached hydrogens (tertiary/aromatic N) is 3. The van der Waals surface area contributed by atoms with Crippen LogP contribution < -0.4 is 5.32 Å². The second-order valence-corrected chi connectivity index (χ2v) is 6.30. The third kappa shape index (κ3) is 3.89. The molecule has 0 aliphatic carbocycles. The molecule has 1 heterocycles. The third-order valence-corrected chi connectivity index (χ3v) is 4.36. The summed E-state index contributed by atoms with van der Waals surface area (Å²) in [5.41, 5.74) is 3.03. The Bertz CT molecular complexity index is 1150. The number of carbonyl (C=O) groups is 1. The van der Waals surface area contributed by atoms with Gasteiger partial charge in [0.1, 0.15) is 5.69 Å². The Hall–Kier alpha value is -4.26. The fourth-order valence-electron chi connectivity index (χ4n) is 2.93. The van der Waals surface area contributed by atoms with Crippen LogP contribution in [-0.4, -0.2) is 20.6 Å². The molecule has 0 bridgehead atoms. The number of hydrogen-bond donors (Lipinski definition) is 1. The van der Waals surface area contributed by atoms with Gasteiger partial charge in [-0.3, -0.25) is 14.9 Å². The lowest BCUT2D eigenvalue weighted by molar-refractivity contribution is -0.384. The molecule has 3 aromatic carbocycles. The van der Waals surface area contributed by atoms with Gasteiger partial charge in [0.25, 0.3) is 11.6 Å². The molecule has 0 aliphatic heterocycles. The smallest absolute Gasteiger partial charge is 0.269 e. The van der Waals surface area contributed by atoms with E-state index in [0.717, 1.165) is 11.3 Å². The normalized spacial score (nSPS) is 10.5. The zero-order chi connectivity index (χ0) is 20.2. The van der Waals surface area contributed by atoms with E-state index < -0.39 is 4.92 Å². The Morgan fingerprint density at radius 2 is 1.52 bits per heavy atom. The first-order valence-corrected chi connectivity index (χ1v) is 8.88. The molecule has 0 saturated carbocycles. The van der Waals surface area contributed by atoms with Crippen LogP contribution in [0.25, 0.3) is 16.9 Å². The number of nitro benzene ring substituents is 1. The van der Waals surface area contributed by atoms with Crippen LogP contribution in [0.1, 0.15) is 10.4 Å². The predicted molar refractivity (Wildman–Crippen MR) is 110 cm³/mol. The molecule has 1 aromatic heterocycles. The zero-order valence-electron chi connectivity index (χ0n) is 15.2. The fourth-order valence-corrected chi connectivity index (χ4v) is 2.93. The molecule has 4 aromatic rings. The highest BCUT2D eigenvalue weighted by Gasteiger charge is 2.19. The van der Waals surface area contributed by atoms with E-state index in [9.17, 15) is 14.9 Å². The van der Waals surface area contributed by atoms with Gasteiger partial charge in [0.05, 0.1) is 16.2 Å². The molecule has 0 atom stereocenters. The van der Waals surface area contributed by atoms with Crippen LogP contribution in [0.2, 0.25) is 0 Å². The van der Waals surface area contributed by atoms with Crippen LogP contribution in [0.3, 0.4) is 0 Å². The third-order valence-electron chi connectivity index (χ3n) is 4.36. The van der Waals surface area contributed by atoms with Gasteiger partial charge >= 0.3 is 0 Å². The van der Waals surface area contributed by atoms with Gasteiger partial charge in [-0.1, -0.05) is 48.5 Å². The van der Waals surface area contributed by atoms with Crippen molar-refractivity contribution in [3.05, 3.63) is 107 Å². The summed E-state index contributed by atoms with van der Waals surface area (Å²) in [6.45, 7) is 0. The number of nitrogens with one attached hydrogen (secondary N) is 1. The first-order chi connectivity index (χ1) is 14.1. The number of benzene rings is 3. The predicted octanol–water partition coefficient (Wildman–Crippen LogP) is 4.70. The molecular formula is C22H16N4O3. The molecular weight excluding hydrogens is 368 g/mol. The zero-order valence-corrected chi connectivity index (χ0v) is 15.2. The molecule has 142 valence electrons. The minimum atomic E-state index is -0.483. The summed E-state index contributed by atoms with van der Waals surface area (Å²) in [6, 6.07) is 24.7. The molecule has 1 amide bonds. The monoisotopic (exact) mass is 384 g/mol. The number of amides is 1. The first-order valence-electron chi connectivity index (χ1n) is 8.88. The van der Waals surface area contributed by atoms with Gasteiger partial charge in [0, 0.05) is 29.6 Å². The van der Waals surface area contributed by atoms with E-state index in [1.807, 2.05) is 60.7 Å². The summed E-state index contributed by atoms with van der Waals surface area (Å²) in [5, 5.41) is 18.2. The van der Waals surface area contributed by atoms with Crippen LogP contribution >= 0.6 is 0 Å². The van der Waals surface area contributed by atoms with Gasteiger partial charge in [-0.05, 0) is 24.3 Å². The summed E-state index contributed by atoms with van der Waals surface area (Å²) in [4.78, 5) is 23.3. The van der Waals surface area contributed by atoms with Crippen LogP contribution in [0.4, 0.5) is 11.4 Å². The Labute approximate surface area is 166 Å². The molecule has 0 saturated heterocycles. The minimum Gasteiger partial charge on any atom is -0.322 e. The molecule has 7 heteroatoms. The van der Waals surface area contributed by atoms with Crippen molar-refractivity contribution in [3.8, 4) is 16.9 Å². The van der Waals surface area contributed by atoms with E-state index in [2.05, 4.69) is 10.4 Å². The molecule has 0 fully saturated rings. The van der Waals surface area contributed by atoms with Crippen molar-refractivity contribution in [3.63, 3.8) is 0 Å². The molecule has 0 aliphatic rings. The number of para-hydroxylation sites is 1. The minimum absolute atomic E-state index is 0.0372. The van der Waals surface area contributed by atoms with Crippen molar-refractivity contribution in [1.82, 2.24) is 9.78 Å². The van der Waals surface area contributed by atoms with Crippen molar-refractivity contribution in [2.75, 3.05) is 5.32 Å². The van der Waals surface area contributed by atoms with Crippen LogP contribution in [0.15, 0.2) is 91.1 Å². The van der Waals surface area contributed by atoms with Crippen molar-refractivity contribution in [1.29, 1.82) is 0 Å². The highest BCUT2D eigenvalue weighted by molar-refractivity contribution is 6.08. The molecule has 0 unspecified atom stereocenters. The number of non-ortho nitro benzene ring substituents is 1. The standard InChI is InChI=1S/C22H16N4O3/c27-22(23-17-11-13-19(14-12-17)26(28)29)20-15-25(18-9-5-2-6-10-18)24-21(20)16-7-3-1-4-8-16/h1-15H,(H,23,27). The van der Waals surface area contributed by atoms with Crippen molar-refractivity contribution < 1.29 is 9.72 Å². The SMILES string of the molecule is O=C(Nc1ccc([N+](=O)[O-])cc1)c1cn(-c2ccccc2)nc1-c1ccccc1. The van der Waals surface area contributed by atoms with E-state index in [0.29, 0.717) is 16.9 Å². The van der Waals surface area contributed by atoms with E-state index in [-0.39, 0.29) is 11.6 Å². The summed E-state index contributed by atoms with van der Waals surface area (Å²) in [6.07, 6.45) is 1.68. The molecule has 4 rings (SSSR count). The summed E-state index contributed by atoms with van der Waals surface area (Å²) in [5.74, 6) is -0.347. The fraction of sp³-hybridized carbons (Fsp3) is 0. The maximum Gasteiger partial charge on any atom is 0.269 e. The van der Waals surface area contributed by atoms with E-state index in [4.69, 9.17) is 0 Å². The van der Waals surface area contributed by atoms with Crippen molar-refractivity contribution >= 4 is 17.3 Å². The van der Waals surface area contributed by atoms with Gasteiger partial charge in [-0.15, -0.1) is 0 Å². The average molecular weight is 384 g/mol. The highest BCUT2D eigenvalue weighted by atomic mass is 16.6. The molecule has 7 nitrogen and oxygen atoms in total. The van der Waals surface area contributed by atoms with Gasteiger partial charge in [-0.25, -0.2) is 4.68 Å². The van der Waals surface area contributed by atoms with Crippen LogP contribution in [0.5, 0.6) is 0 Å². The first kappa shape index (κ1) is 18.1.